The zero-order valence-electron chi connectivity index (χ0n) is 10.4. The lowest BCUT2D eigenvalue weighted by atomic mass is 10.1. The maximum atomic E-state index is 5.56. The number of nitrogens with zero attached hydrogens (tertiary/aromatic N) is 3. The molecule has 3 rings (SSSR count). The van der Waals surface area contributed by atoms with E-state index in [0.29, 0.717) is 6.54 Å². The highest BCUT2D eigenvalue weighted by molar-refractivity contribution is 5.91. The molecule has 0 atom stereocenters. The summed E-state index contributed by atoms with van der Waals surface area (Å²) in [4.78, 5) is 4.68. The molecule has 92 valence electrons. The predicted octanol–water partition coefficient (Wildman–Crippen LogP) is 2.08. The molecule has 0 fully saturated rings. The summed E-state index contributed by atoms with van der Waals surface area (Å²) in [6.07, 6.45) is 4.02. The first-order chi connectivity index (χ1) is 8.79. The summed E-state index contributed by atoms with van der Waals surface area (Å²) in [7, 11) is 0. The van der Waals surface area contributed by atoms with Gasteiger partial charge in [-0.15, -0.1) is 0 Å². The zero-order chi connectivity index (χ0) is 12.5. The Hall–Kier alpha value is -1.94. The predicted molar refractivity (Wildman–Crippen MR) is 72.6 cm³/mol. The molecule has 0 bridgehead atoms. The van der Waals surface area contributed by atoms with Crippen molar-refractivity contribution in [2.75, 3.05) is 6.54 Å². The molecule has 0 radical (unpaired) electrons. The van der Waals surface area contributed by atoms with Crippen LogP contribution in [0.1, 0.15) is 17.7 Å². The van der Waals surface area contributed by atoms with Gasteiger partial charge in [-0.3, -0.25) is 0 Å². The molecule has 2 N–H and O–H groups in total. The molecule has 2 aromatic heterocycles. The first-order valence-corrected chi connectivity index (χ1v) is 6.23. The molecule has 2 heterocycles. The second-order valence-corrected chi connectivity index (χ2v) is 4.53. The van der Waals surface area contributed by atoms with Gasteiger partial charge in [-0.1, -0.05) is 12.1 Å². The Kier molecular flexibility index (Phi) is 2.72. The molecule has 0 aliphatic heterocycles. The van der Waals surface area contributed by atoms with Crippen molar-refractivity contribution in [2.45, 2.75) is 19.8 Å². The van der Waals surface area contributed by atoms with Gasteiger partial charge >= 0.3 is 0 Å². The van der Waals surface area contributed by atoms with Crippen LogP contribution in [0.25, 0.3) is 16.6 Å². The van der Waals surface area contributed by atoms with Crippen molar-refractivity contribution in [2.24, 2.45) is 5.73 Å². The van der Waals surface area contributed by atoms with Crippen LogP contribution in [0.3, 0.4) is 0 Å². The van der Waals surface area contributed by atoms with Gasteiger partial charge < -0.3 is 5.73 Å². The van der Waals surface area contributed by atoms with Gasteiger partial charge in [0.15, 0.2) is 5.65 Å². The van der Waals surface area contributed by atoms with Crippen LogP contribution >= 0.6 is 0 Å². The minimum atomic E-state index is 0.707. The highest BCUT2D eigenvalue weighted by Gasteiger charge is 2.08. The molecule has 4 heteroatoms. The van der Waals surface area contributed by atoms with Crippen LogP contribution in [0.5, 0.6) is 0 Å². The van der Waals surface area contributed by atoms with E-state index in [1.807, 2.05) is 29.6 Å². The van der Waals surface area contributed by atoms with Crippen LogP contribution in [0.15, 0.2) is 30.5 Å². The summed E-state index contributed by atoms with van der Waals surface area (Å²) in [5.41, 5.74) is 9.77. The van der Waals surface area contributed by atoms with E-state index in [1.54, 1.807) is 0 Å². The van der Waals surface area contributed by atoms with Crippen LogP contribution in [-0.4, -0.2) is 21.1 Å². The Morgan fingerprint density at radius 3 is 2.94 bits per heavy atom. The molecule has 18 heavy (non-hydrogen) atoms. The van der Waals surface area contributed by atoms with E-state index in [0.717, 1.165) is 35.1 Å². The molecule has 0 amide bonds. The summed E-state index contributed by atoms with van der Waals surface area (Å²) in [6, 6.07) is 8.09. The first-order valence-electron chi connectivity index (χ1n) is 6.23. The van der Waals surface area contributed by atoms with E-state index in [9.17, 15) is 0 Å². The number of fused-ring (bicyclic) bond motifs is 3. The molecule has 4 nitrogen and oxygen atoms in total. The second kappa shape index (κ2) is 4.38. The minimum absolute atomic E-state index is 0.707. The number of hydrogen-bond acceptors (Lipinski definition) is 3. The topological polar surface area (TPSA) is 56.2 Å². The average Bonchev–Trinajstić information content (AvgIpc) is 2.74. The molecule has 0 saturated carbocycles. The number of nitrogens with two attached hydrogens (primary N) is 1. The average molecular weight is 240 g/mol. The summed E-state index contributed by atoms with van der Waals surface area (Å²) in [6.45, 7) is 2.76. The fourth-order valence-electron chi connectivity index (χ4n) is 2.25. The van der Waals surface area contributed by atoms with E-state index in [1.165, 1.54) is 5.56 Å². The van der Waals surface area contributed by atoms with Crippen molar-refractivity contribution < 1.29 is 0 Å². The van der Waals surface area contributed by atoms with E-state index in [-0.39, 0.29) is 0 Å². The molecule has 0 saturated heterocycles. The Bertz CT molecular complexity index is 699. The lowest BCUT2D eigenvalue weighted by Crippen LogP contribution is -2.04. The highest BCUT2D eigenvalue weighted by Crippen LogP contribution is 2.19. The van der Waals surface area contributed by atoms with E-state index < -0.39 is 0 Å². The van der Waals surface area contributed by atoms with Crippen molar-refractivity contribution in [3.63, 3.8) is 0 Å². The Morgan fingerprint density at radius 1 is 1.28 bits per heavy atom. The summed E-state index contributed by atoms with van der Waals surface area (Å²) in [5, 5.41) is 5.65. The first kappa shape index (κ1) is 11.2. The molecule has 0 spiro atoms. The molecular formula is C14H16N4. The summed E-state index contributed by atoms with van der Waals surface area (Å²) >= 11 is 0. The van der Waals surface area contributed by atoms with Crippen LogP contribution < -0.4 is 5.73 Å². The van der Waals surface area contributed by atoms with Crippen molar-refractivity contribution in [1.29, 1.82) is 0 Å². The number of aryl methyl sites for hydroxylation is 2. The van der Waals surface area contributed by atoms with Crippen LogP contribution in [0, 0.1) is 6.92 Å². The Morgan fingerprint density at radius 2 is 2.11 bits per heavy atom. The van der Waals surface area contributed by atoms with Crippen LogP contribution in [0.4, 0.5) is 0 Å². The second-order valence-electron chi connectivity index (χ2n) is 4.53. The van der Waals surface area contributed by atoms with Crippen molar-refractivity contribution >= 4 is 16.6 Å². The van der Waals surface area contributed by atoms with Crippen molar-refractivity contribution in [1.82, 2.24) is 14.6 Å². The van der Waals surface area contributed by atoms with Gasteiger partial charge in [0.05, 0.1) is 5.52 Å². The number of rotatable bonds is 3. The number of aromatic nitrogens is 3. The van der Waals surface area contributed by atoms with Gasteiger partial charge in [0.2, 0.25) is 0 Å². The lowest BCUT2D eigenvalue weighted by Gasteiger charge is -2.04. The monoisotopic (exact) mass is 240 g/mol. The quantitative estimate of drug-likeness (QED) is 0.762. The van der Waals surface area contributed by atoms with Gasteiger partial charge in [0.25, 0.3) is 0 Å². The largest absolute Gasteiger partial charge is 0.330 e. The third-order valence-corrected chi connectivity index (χ3v) is 3.24. The van der Waals surface area contributed by atoms with E-state index >= 15 is 0 Å². The van der Waals surface area contributed by atoms with Crippen molar-refractivity contribution in [3.05, 3.63) is 41.7 Å². The van der Waals surface area contributed by atoms with Crippen LogP contribution in [-0.2, 0) is 6.42 Å². The highest BCUT2D eigenvalue weighted by atomic mass is 15.2. The van der Waals surface area contributed by atoms with Gasteiger partial charge in [-0.05, 0) is 44.0 Å². The van der Waals surface area contributed by atoms with Gasteiger partial charge in [-0.25, -0.2) is 9.50 Å². The smallest absolute Gasteiger partial charge is 0.163 e. The van der Waals surface area contributed by atoms with Gasteiger partial charge in [0, 0.05) is 17.3 Å². The Balaban J connectivity index is 2.20. The van der Waals surface area contributed by atoms with Gasteiger partial charge in [0.1, 0.15) is 0 Å². The van der Waals surface area contributed by atoms with E-state index in [4.69, 9.17) is 5.73 Å². The summed E-state index contributed by atoms with van der Waals surface area (Å²) in [5.74, 6) is 0. The Labute approximate surface area is 105 Å². The van der Waals surface area contributed by atoms with Crippen LogP contribution in [0.2, 0.25) is 0 Å². The molecule has 0 aliphatic rings. The normalized spacial score (nSPS) is 11.4. The molecule has 0 aliphatic carbocycles. The molecular weight excluding hydrogens is 224 g/mol. The number of benzene rings is 1. The summed E-state index contributed by atoms with van der Waals surface area (Å²) < 4.78 is 1.88. The third-order valence-electron chi connectivity index (χ3n) is 3.24. The molecule has 3 aromatic rings. The molecule has 0 unspecified atom stereocenters. The maximum Gasteiger partial charge on any atom is 0.163 e. The zero-order valence-corrected chi connectivity index (χ0v) is 10.4. The fraction of sp³-hybridized carbons (Fsp3) is 0.286. The standard InChI is InChI=1S/C14H16N4/c1-10-11(5-4-8-15)9-18-14(16-10)12-6-2-3-7-13(12)17-18/h2-3,6-7,9H,4-5,8,15H2,1H3. The fourth-order valence-corrected chi connectivity index (χ4v) is 2.25. The molecule has 1 aromatic carbocycles. The minimum Gasteiger partial charge on any atom is -0.330 e. The lowest BCUT2D eigenvalue weighted by molar-refractivity contribution is 0.803. The number of hydrogen-bond donors (Lipinski definition) is 1. The van der Waals surface area contributed by atoms with Gasteiger partial charge in [-0.2, -0.15) is 5.10 Å². The van der Waals surface area contributed by atoms with Crippen molar-refractivity contribution in [3.8, 4) is 0 Å². The third kappa shape index (κ3) is 1.75. The maximum absolute atomic E-state index is 5.56. The van der Waals surface area contributed by atoms with E-state index in [2.05, 4.69) is 22.3 Å². The SMILES string of the molecule is Cc1nc2c3ccccc3nn2cc1CCCN.